The van der Waals surface area contributed by atoms with Crippen molar-refractivity contribution in [3.05, 3.63) is 29.3 Å². The van der Waals surface area contributed by atoms with Crippen molar-refractivity contribution < 1.29 is 4.79 Å². The van der Waals surface area contributed by atoms with Crippen LogP contribution in [0.4, 0.5) is 5.69 Å². The fourth-order valence-electron chi connectivity index (χ4n) is 2.33. The molecule has 0 aromatic heterocycles. The van der Waals surface area contributed by atoms with E-state index in [0.717, 1.165) is 36.9 Å². The highest BCUT2D eigenvalue weighted by Crippen LogP contribution is 2.19. The number of hydrogen-bond donors (Lipinski definition) is 1. The van der Waals surface area contributed by atoms with E-state index in [-0.39, 0.29) is 36.6 Å². The van der Waals surface area contributed by atoms with Gasteiger partial charge in [-0.3, -0.25) is 4.79 Å². The topological polar surface area (TPSA) is 49.6 Å². The molecule has 1 amide bonds. The van der Waals surface area contributed by atoms with Crippen LogP contribution in [0.25, 0.3) is 0 Å². The van der Waals surface area contributed by atoms with Crippen LogP contribution in [-0.4, -0.2) is 43.0 Å². The Morgan fingerprint density at radius 2 is 1.59 bits per heavy atom. The van der Waals surface area contributed by atoms with E-state index in [2.05, 4.69) is 4.90 Å². The molecule has 0 unspecified atom stereocenters. The van der Waals surface area contributed by atoms with Crippen LogP contribution >= 0.6 is 36.4 Å². The molecule has 22 heavy (non-hydrogen) atoms. The van der Waals surface area contributed by atoms with Gasteiger partial charge in [-0.25, -0.2) is 0 Å². The molecule has 4 nitrogen and oxygen atoms in total. The van der Waals surface area contributed by atoms with E-state index in [1.807, 2.05) is 43.0 Å². The summed E-state index contributed by atoms with van der Waals surface area (Å²) in [5, 5.41) is 0.741. The molecular weight excluding hydrogens is 345 g/mol. The number of carbonyl (C=O) groups excluding carboxylic acids is 1. The smallest absolute Gasteiger partial charge is 0.239 e. The molecule has 1 fully saturated rings. The normalized spacial score (nSPS) is 15.9. The molecular formula is C15H24Cl3N3O. The predicted molar refractivity (Wildman–Crippen MR) is 97.6 cm³/mol. The summed E-state index contributed by atoms with van der Waals surface area (Å²) in [6, 6.07) is 7.42. The molecule has 0 bridgehead atoms. The highest BCUT2D eigenvalue weighted by atomic mass is 35.5. The Balaban J connectivity index is 0.00000220. The summed E-state index contributed by atoms with van der Waals surface area (Å²) in [5.74, 6) is 0.243. The number of amides is 1. The molecule has 0 aliphatic carbocycles. The van der Waals surface area contributed by atoms with Crippen LogP contribution in [0.5, 0.6) is 0 Å². The third kappa shape index (κ3) is 5.20. The van der Waals surface area contributed by atoms with E-state index in [0.29, 0.717) is 0 Å². The van der Waals surface area contributed by atoms with Crippen LogP contribution in [0.15, 0.2) is 24.3 Å². The first-order valence-electron chi connectivity index (χ1n) is 7.04. The highest BCUT2D eigenvalue weighted by Gasteiger charge is 2.26. The van der Waals surface area contributed by atoms with Crippen LogP contribution in [0.3, 0.4) is 0 Å². The number of hydrogen-bond acceptors (Lipinski definition) is 3. The average Bonchev–Trinajstić information content (AvgIpc) is 2.46. The lowest BCUT2D eigenvalue weighted by Crippen LogP contribution is -2.54. The molecule has 0 spiro atoms. The Kier molecular flexibility index (Phi) is 9.16. The van der Waals surface area contributed by atoms with E-state index in [4.69, 9.17) is 17.3 Å². The van der Waals surface area contributed by atoms with Crippen molar-refractivity contribution >= 4 is 48.0 Å². The zero-order valence-corrected chi connectivity index (χ0v) is 15.3. The van der Waals surface area contributed by atoms with Gasteiger partial charge in [0.05, 0.1) is 6.04 Å². The monoisotopic (exact) mass is 367 g/mol. The van der Waals surface area contributed by atoms with Gasteiger partial charge < -0.3 is 15.5 Å². The lowest BCUT2D eigenvalue weighted by atomic mass is 10.0. The Morgan fingerprint density at radius 3 is 2.05 bits per heavy atom. The van der Waals surface area contributed by atoms with E-state index >= 15 is 0 Å². The molecule has 1 aliphatic heterocycles. The van der Waals surface area contributed by atoms with Crippen molar-refractivity contribution in [2.45, 2.75) is 19.9 Å². The van der Waals surface area contributed by atoms with Crippen molar-refractivity contribution in [1.82, 2.24) is 4.90 Å². The molecule has 1 aromatic carbocycles. The van der Waals surface area contributed by atoms with E-state index in [1.165, 1.54) is 0 Å². The molecule has 7 heteroatoms. The molecule has 1 aliphatic rings. The Bertz CT molecular complexity index is 460. The second-order valence-corrected chi connectivity index (χ2v) is 5.99. The van der Waals surface area contributed by atoms with Crippen molar-refractivity contribution in [3.8, 4) is 0 Å². The molecule has 126 valence electrons. The third-order valence-corrected chi connectivity index (χ3v) is 4.04. The van der Waals surface area contributed by atoms with Gasteiger partial charge in [0, 0.05) is 36.9 Å². The van der Waals surface area contributed by atoms with Gasteiger partial charge >= 0.3 is 0 Å². The fourth-order valence-corrected chi connectivity index (χ4v) is 2.46. The number of anilines is 1. The summed E-state index contributed by atoms with van der Waals surface area (Å²) < 4.78 is 0. The molecule has 1 saturated heterocycles. The summed E-state index contributed by atoms with van der Waals surface area (Å²) in [7, 11) is 0. The zero-order chi connectivity index (χ0) is 14.7. The SMILES string of the molecule is CC(C)[C@@H](N)C(=O)N1CCN(c2ccc(Cl)cc2)CC1.Cl.Cl. The minimum Gasteiger partial charge on any atom is -0.368 e. The van der Waals surface area contributed by atoms with E-state index < -0.39 is 6.04 Å². The number of carbonyl (C=O) groups is 1. The van der Waals surface area contributed by atoms with E-state index in [9.17, 15) is 4.79 Å². The van der Waals surface area contributed by atoms with Crippen LogP contribution in [-0.2, 0) is 4.79 Å². The summed E-state index contributed by atoms with van der Waals surface area (Å²) in [5.41, 5.74) is 7.08. The van der Waals surface area contributed by atoms with Gasteiger partial charge in [-0.15, -0.1) is 24.8 Å². The Morgan fingerprint density at radius 1 is 1.09 bits per heavy atom. The number of piperazine rings is 1. The minimum absolute atomic E-state index is 0. The summed E-state index contributed by atoms with van der Waals surface area (Å²) in [4.78, 5) is 16.3. The molecule has 2 rings (SSSR count). The summed E-state index contributed by atoms with van der Waals surface area (Å²) in [6.45, 7) is 7.07. The number of benzene rings is 1. The number of nitrogens with two attached hydrogens (primary N) is 1. The Hall–Kier alpha value is -0.680. The number of halogens is 3. The standard InChI is InChI=1S/C15H22ClN3O.2ClH/c1-11(2)14(17)15(20)19-9-7-18(8-10-19)13-5-3-12(16)4-6-13;;/h3-6,11,14H,7-10,17H2,1-2H3;2*1H/t14-;;/m1../s1. The van der Waals surface area contributed by atoms with Crippen LogP contribution in [0.1, 0.15) is 13.8 Å². The maximum Gasteiger partial charge on any atom is 0.239 e. The van der Waals surface area contributed by atoms with Gasteiger partial charge in [0.1, 0.15) is 0 Å². The molecule has 2 N–H and O–H groups in total. The van der Waals surface area contributed by atoms with Gasteiger partial charge in [0.2, 0.25) is 5.91 Å². The molecule has 1 heterocycles. The second-order valence-electron chi connectivity index (χ2n) is 5.56. The largest absolute Gasteiger partial charge is 0.368 e. The fraction of sp³-hybridized carbons (Fsp3) is 0.533. The lowest BCUT2D eigenvalue weighted by molar-refractivity contribution is -0.133. The lowest BCUT2D eigenvalue weighted by Gasteiger charge is -2.37. The Labute approximate surface area is 149 Å². The minimum atomic E-state index is -0.392. The summed E-state index contributed by atoms with van der Waals surface area (Å²) >= 11 is 5.89. The van der Waals surface area contributed by atoms with Gasteiger partial charge in [-0.2, -0.15) is 0 Å². The maximum absolute atomic E-state index is 12.2. The first-order chi connectivity index (χ1) is 9.49. The first-order valence-corrected chi connectivity index (χ1v) is 7.41. The molecule has 1 atom stereocenters. The van der Waals surface area contributed by atoms with Crippen LogP contribution in [0.2, 0.25) is 5.02 Å². The van der Waals surface area contributed by atoms with Crippen molar-refractivity contribution in [2.24, 2.45) is 11.7 Å². The highest BCUT2D eigenvalue weighted by molar-refractivity contribution is 6.30. The average molecular weight is 369 g/mol. The van der Waals surface area contributed by atoms with Gasteiger partial charge in [-0.05, 0) is 30.2 Å². The van der Waals surface area contributed by atoms with Crippen molar-refractivity contribution in [2.75, 3.05) is 31.1 Å². The third-order valence-electron chi connectivity index (χ3n) is 3.79. The molecule has 0 radical (unpaired) electrons. The van der Waals surface area contributed by atoms with Gasteiger partial charge in [0.25, 0.3) is 0 Å². The number of rotatable bonds is 3. The quantitative estimate of drug-likeness (QED) is 0.892. The molecule has 1 aromatic rings. The number of nitrogens with zero attached hydrogens (tertiary/aromatic N) is 2. The first kappa shape index (κ1) is 21.3. The van der Waals surface area contributed by atoms with Crippen molar-refractivity contribution in [3.63, 3.8) is 0 Å². The van der Waals surface area contributed by atoms with Crippen LogP contribution in [0, 0.1) is 5.92 Å². The van der Waals surface area contributed by atoms with E-state index in [1.54, 1.807) is 0 Å². The maximum atomic E-state index is 12.2. The summed E-state index contributed by atoms with van der Waals surface area (Å²) in [6.07, 6.45) is 0. The molecule has 0 saturated carbocycles. The van der Waals surface area contributed by atoms with Crippen LogP contribution < -0.4 is 10.6 Å². The van der Waals surface area contributed by atoms with Gasteiger partial charge in [-0.1, -0.05) is 25.4 Å². The van der Waals surface area contributed by atoms with Gasteiger partial charge in [0.15, 0.2) is 0 Å². The van der Waals surface area contributed by atoms with Crippen molar-refractivity contribution in [1.29, 1.82) is 0 Å². The predicted octanol–water partition coefficient (Wildman–Crippen LogP) is 2.82. The zero-order valence-electron chi connectivity index (χ0n) is 12.9. The second kappa shape index (κ2) is 9.46.